The summed E-state index contributed by atoms with van der Waals surface area (Å²) in [7, 11) is 0. The van der Waals surface area contributed by atoms with Crippen molar-refractivity contribution in [3.05, 3.63) is 93.4 Å². The van der Waals surface area contributed by atoms with Crippen LogP contribution in [0, 0.1) is 0 Å². The second-order valence-corrected chi connectivity index (χ2v) is 6.74. The molecule has 4 rings (SSSR count). The van der Waals surface area contributed by atoms with Gasteiger partial charge in [0.05, 0.1) is 22.8 Å². The third-order valence-electron chi connectivity index (χ3n) is 3.93. The lowest BCUT2D eigenvalue weighted by molar-refractivity contribution is -0.129. The smallest absolute Gasteiger partial charge is 0.363 e. The molecule has 0 atom stereocenters. The fourth-order valence-corrected chi connectivity index (χ4v) is 2.93. The molecule has 2 aromatic carbocycles. The summed E-state index contributed by atoms with van der Waals surface area (Å²) in [6, 6.07) is 14.9. The number of benzene rings is 2. The van der Waals surface area contributed by atoms with E-state index in [0.29, 0.717) is 22.2 Å². The van der Waals surface area contributed by atoms with Crippen LogP contribution in [-0.4, -0.2) is 21.6 Å². The molecule has 1 aliphatic heterocycles. The van der Waals surface area contributed by atoms with Gasteiger partial charge in [0.25, 0.3) is 0 Å². The van der Waals surface area contributed by atoms with Crippen molar-refractivity contribution in [1.29, 1.82) is 0 Å². The number of carbonyl (C=O) groups is 1. The van der Waals surface area contributed by atoms with Gasteiger partial charge in [0.15, 0.2) is 5.70 Å². The minimum Gasteiger partial charge on any atom is -0.402 e. The Morgan fingerprint density at radius 2 is 1.89 bits per heavy atom. The summed E-state index contributed by atoms with van der Waals surface area (Å²) < 4.78 is 7.04. The molecule has 0 unspecified atom stereocenters. The van der Waals surface area contributed by atoms with E-state index in [0.717, 1.165) is 11.1 Å². The summed E-state index contributed by atoms with van der Waals surface area (Å²) in [6.45, 7) is 0.645. The van der Waals surface area contributed by atoms with E-state index >= 15 is 0 Å². The molecule has 0 fully saturated rings. The lowest BCUT2D eigenvalue weighted by Crippen LogP contribution is -2.05. The first kappa shape index (κ1) is 17.5. The Morgan fingerprint density at radius 1 is 1.07 bits per heavy atom. The lowest BCUT2D eigenvalue weighted by atomic mass is 10.2. The predicted octanol–water partition coefficient (Wildman–Crippen LogP) is 4.58. The first-order chi connectivity index (χ1) is 13.1. The van der Waals surface area contributed by atoms with Crippen LogP contribution in [0.25, 0.3) is 6.08 Å². The molecule has 0 aliphatic carbocycles. The third kappa shape index (κ3) is 3.94. The Kier molecular flexibility index (Phi) is 4.79. The van der Waals surface area contributed by atoms with E-state index in [4.69, 9.17) is 27.9 Å². The van der Waals surface area contributed by atoms with Gasteiger partial charge in [-0.2, -0.15) is 5.10 Å². The normalized spacial score (nSPS) is 15.1. The van der Waals surface area contributed by atoms with Crippen LogP contribution in [0.2, 0.25) is 10.0 Å². The average molecular weight is 398 g/mol. The van der Waals surface area contributed by atoms with Crippen molar-refractivity contribution in [2.75, 3.05) is 0 Å². The van der Waals surface area contributed by atoms with Crippen molar-refractivity contribution in [1.82, 2.24) is 9.78 Å². The highest BCUT2D eigenvalue weighted by Gasteiger charge is 2.24. The van der Waals surface area contributed by atoms with Crippen molar-refractivity contribution >= 4 is 41.1 Å². The molecule has 0 bridgehead atoms. The number of aliphatic imine (C=N–C) groups is 1. The largest absolute Gasteiger partial charge is 0.402 e. The number of carbonyl (C=O) groups excluding carboxylic acids is 1. The standard InChI is InChI=1S/C20H13Cl2N3O2/c21-16-7-6-15(9-17(16)22)19-24-18(20(26)27-19)8-14-10-23-25(12-14)11-13-4-2-1-3-5-13/h1-10,12H,11H2/b18-8+. The van der Waals surface area contributed by atoms with Crippen LogP contribution >= 0.6 is 23.2 Å². The number of hydrogen-bond acceptors (Lipinski definition) is 4. The first-order valence-electron chi connectivity index (χ1n) is 8.13. The van der Waals surface area contributed by atoms with E-state index in [1.165, 1.54) is 0 Å². The van der Waals surface area contributed by atoms with Gasteiger partial charge in [-0.25, -0.2) is 9.79 Å². The lowest BCUT2D eigenvalue weighted by Gasteiger charge is -2.01. The summed E-state index contributed by atoms with van der Waals surface area (Å²) in [4.78, 5) is 16.4. The van der Waals surface area contributed by atoms with E-state index in [1.54, 1.807) is 35.2 Å². The fraction of sp³-hybridized carbons (Fsp3) is 0.0500. The van der Waals surface area contributed by atoms with Crippen LogP contribution in [0.1, 0.15) is 16.7 Å². The Labute approximate surface area is 165 Å². The van der Waals surface area contributed by atoms with Gasteiger partial charge in [-0.3, -0.25) is 4.68 Å². The molecule has 0 spiro atoms. The maximum Gasteiger partial charge on any atom is 0.363 e. The molecule has 0 amide bonds. The minimum absolute atomic E-state index is 0.196. The quantitative estimate of drug-likeness (QED) is 0.478. The molecule has 0 radical (unpaired) electrons. The Bertz CT molecular complexity index is 1070. The highest BCUT2D eigenvalue weighted by Crippen LogP contribution is 2.25. The molecule has 27 heavy (non-hydrogen) atoms. The summed E-state index contributed by atoms with van der Waals surface area (Å²) in [5.41, 5.74) is 2.69. The molecule has 7 heteroatoms. The predicted molar refractivity (Wildman–Crippen MR) is 105 cm³/mol. The first-order valence-corrected chi connectivity index (χ1v) is 8.88. The monoisotopic (exact) mass is 397 g/mol. The number of halogens is 2. The Hall–Kier alpha value is -2.89. The summed E-state index contributed by atoms with van der Waals surface area (Å²) >= 11 is 11.9. The molecule has 1 aliphatic rings. The summed E-state index contributed by atoms with van der Waals surface area (Å²) in [6.07, 6.45) is 5.16. The molecule has 134 valence electrons. The molecule has 5 nitrogen and oxygen atoms in total. The van der Waals surface area contributed by atoms with E-state index in [-0.39, 0.29) is 11.6 Å². The van der Waals surface area contributed by atoms with Crippen molar-refractivity contribution in [3.63, 3.8) is 0 Å². The fourth-order valence-electron chi connectivity index (χ4n) is 2.63. The zero-order valence-corrected chi connectivity index (χ0v) is 15.5. The van der Waals surface area contributed by atoms with Gasteiger partial charge in [0.2, 0.25) is 5.90 Å². The van der Waals surface area contributed by atoms with Gasteiger partial charge < -0.3 is 4.74 Å². The molecule has 0 saturated heterocycles. The zero-order valence-electron chi connectivity index (χ0n) is 14.0. The van der Waals surface area contributed by atoms with Gasteiger partial charge in [0, 0.05) is 17.3 Å². The highest BCUT2D eigenvalue weighted by molar-refractivity contribution is 6.42. The molecular weight excluding hydrogens is 385 g/mol. The van der Waals surface area contributed by atoms with Crippen molar-refractivity contribution in [2.45, 2.75) is 6.54 Å². The second kappa shape index (κ2) is 7.39. The van der Waals surface area contributed by atoms with Crippen molar-refractivity contribution in [2.24, 2.45) is 4.99 Å². The number of nitrogens with zero attached hydrogens (tertiary/aromatic N) is 3. The van der Waals surface area contributed by atoms with E-state index < -0.39 is 5.97 Å². The Morgan fingerprint density at radius 3 is 2.67 bits per heavy atom. The van der Waals surface area contributed by atoms with Crippen LogP contribution in [0.15, 0.2) is 71.6 Å². The van der Waals surface area contributed by atoms with Gasteiger partial charge in [-0.05, 0) is 29.8 Å². The number of cyclic esters (lactones) is 1. The SMILES string of the molecule is O=C1OC(c2ccc(Cl)c(Cl)c2)=N/C1=C/c1cnn(Cc2ccccc2)c1. The summed E-state index contributed by atoms with van der Waals surface area (Å²) in [5.74, 6) is -0.326. The molecule has 1 aromatic heterocycles. The number of esters is 1. The van der Waals surface area contributed by atoms with Gasteiger partial charge in [-0.15, -0.1) is 0 Å². The topological polar surface area (TPSA) is 56.5 Å². The minimum atomic E-state index is -0.521. The molecular formula is C20H13Cl2N3O2. The molecule has 0 saturated carbocycles. The van der Waals surface area contributed by atoms with Crippen LogP contribution in [-0.2, 0) is 16.1 Å². The van der Waals surface area contributed by atoms with Gasteiger partial charge in [-0.1, -0.05) is 53.5 Å². The Balaban J connectivity index is 1.56. The van der Waals surface area contributed by atoms with Gasteiger partial charge >= 0.3 is 5.97 Å². The number of aromatic nitrogens is 2. The van der Waals surface area contributed by atoms with Crippen molar-refractivity contribution < 1.29 is 9.53 Å². The maximum absolute atomic E-state index is 12.1. The highest BCUT2D eigenvalue weighted by atomic mass is 35.5. The molecule has 3 aromatic rings. The van der Waals surface area contributed by atoms with Gasteiger partial charge in [0.1, 0.15) is 0 Å². The van der Waals surface area contributed by atoms with E-state index in [2.05, 4.69) is 10.1 Å². The van der Waals surface area contributed by atoms with Crippen LogP contribution in [0.4, 0.5) is 0 Å². The zero-order chi connectivity index (χ0) is 18.8. The molecule has 2 heterocycles. The third-order valence-corrected chi connectivity index (χ3v) is 4.67. The number of hydrogen-bond donors (Lipinski definition) is 0. The number of rotatable bonds is 4. The van der Waals surface area contributed by atoms with Crippen LogP contribution < -0.4 is 0 Å². The van der Waals surface area contributed by atoms with E-state index in [9.17, 15) is 4.79 Å². The van der Waals surface area contributed by atoms with E-state index in [1.807, 2.05) is 36.5 Å². The average Bonchev–Trinajstić information content (AvgIpc) is 3.25. The van der Waals surface area contributed by atoms with Crippen LogP contribution in [0.3, 0.4) is 0 Å². The second-order valence-electron chi connectivity index (χ2n) is 5.92. The van der Waals surface area contributed by atoms with Crippen molar-refractivity contribution in [3.8, 4) is 0 Å². The molecule has 0 N–H and O–H groups in total. The van der Waals surface area contributed by atoms with Crippen LogP contribution in [0.5, 0.6) is 0 Å². The maximum atomic E-state index is 12.1. The summed E-state index contributed by atoms with van der Waals surface area (Å²) in [5, 5.41) is 5.11. The number of ether oxygens (including phenoxy) is 1.